The fourth-order valence-corrected chi connectivity index (χ4v) is 5.38. The molecule has 1 aliphatic carbocycles. The number of carbonyl (C=O) groups is 1. The Morgan fingerprint density at radius 2 is 1.82 bits per heavy atom. The highest BCUT2D eigenvalue weighted by Gasteiger charge is 2.20. The highest BCUT2D eigenvalue weighted by Crippen LogP contribution is 2.34. The summed E-state index contributed by atoms with van der Waals surface area (Å²) in [6, 6.07) is 21.4. The molecule has 4 heterocycles. The summed E-state index contributed by atoms with van der Waals surface area (Å²) in [5, 5.41) is 10.7. The molecule has 8 nitrogen and oxygen atoms in total. The number of amides is 1. The molecule has 2 aliphatic rings. The minimum atomic E-state index is -0.283. The third kappa shape index (κ3) is 6.01. The number of H-pyrrole nitrogens is 2. The van der Waals surface area contributed by atoms with Gasteiger partial charge in [-0.2, -0.15) is 5.10 Å². The molecule has 1 aliphatic heterocycles. The second kappa shape index (κ2) is 12.0. The van der Waals surface area contributed by atoms with Crippen molar-refractivity contribution in [3.05, 3.63) is 142 Å². The normalized spacial score (nSPS) is 16.0. The summed E-state index contributed by atoms with van der Waals surface area (Å²) in [4.78, 5) is 26.0. The molecular formula is C36H30FN7O. The Balaban J connectivity index is 1.24. The van der Waals surface area contributed by atoms with E-state index in [0.717, 1.165) is 46.4 Å². The third-order valence-electron chi connectivity index (χ3n) is 7.82. The van der Waals surface area contributed by atoms with Crippen LogP contribution in [0.4, 0.5) is 4.39 Å². The number of hydrogen-bond acceptors (Lipinski definition) is 5. The number of hydrogen-bond donors (Lipinski definition) is 4. The van der Waals surface area contributed by atoms with Crippen LogP contribution in [0, 0.1) is 5.82 Å². The number of halogens is 1. The van der Waals surface area contributed by atoms with Gasteiger partial charge in [0.05, 0.1) is 16.9 Å². The Hall–Kier alpha value is -5.83. The first kappa shape index (κ1) is 28.0. The number of fused-ring (bicyclic) bond motifs is 2. The molecule has 0 radical (unpaired) electrons. The molecule has 2 aromatic carbocycles. The molecule has 0 unspecified atom stereocenters. The number of benzene rings is 2. The lowest BCUT2D eigenvalue weighted by molar-refractivity contribution is 0.0967. The van der Waals surface area contributed by atoms with E-state index in [0.29, 0.717) is 46.7 Å². The summed E-state index contributed by atoms with van der Waals surface area (Å²) in [5.41, 5.74) is 16.7. The summed E-state index contributed by atoms with van der Waals surface area (Å²) >= 11 is 0. The molecule has 0 saturated heterocycles. The van der Waals surface area contributed by atoms with E-state index in [9.17, 15) is 9.18 Å². The van der Waals surface area contributed by atoms with E-state index in [4.69, 9.17) is 10.7 Å². The second-order valence-electron chi connectivity index (χ2n) is 11.0. The standard InChI is InChI=1S/C36H30FN7O/c37-26-10-8-23(9-11-26)28-14-16-39-17-15-31-29(28)20-33(41-31)35-34-32(43-44-35)13-12-30(42-34)25(21-38)19-27(18-22-6-7-22)40-36(45)24-4-2-1-3-5-24/h1-5,8-14,16,18-21,41H,6-7,15,17,38H2,(H,40,45)(H,43,44)/b25-21+,27-19+,28-14-,39-16?. The fraction of sp³-hybridized carbons (Fsp3) is 0.111. The molecule has 222 valence electrons. The second-order valence-corrected chi connectivity index (χ2v) is 11.0. The van der Waals surface area contributed by atoms with Gasteiger partial charge in [0.1, 0.15) is 17.0 Å². The van der Waals surface area contributed by atoms with Crippen LogP contribution >= 0.6 is 0 Å². The molecule has 0 atom stereocenters. The van der Waals surface area contributed by atoms with Gasteiger partial charge in [0, 0.05) is 53.5 Å². The fourth-order valence-electron chi connectivity index (χ4n) is 5.38. The van der Waals surface area contributed by atoms with E-state index in [1.807, 2.05) is 48.6 Å². The summed E-state index contributed by atoms with van der Waals surface area (Å²) in [6.07, 6.45) is 11.8. The van der Waals surface area contributed by atoms with Gasteiger partial charge in [0.2, 0.25) is 0 Å². The Bertz CT molecular complexity index is 2060. The average Bonchev–Trinajstić information content (AvgIpc) is 3.63. The number of aromatic amines is 2. The first-order valence-corrected chi connectivity index (χ1v) is 14.8. The van der Waals surface area contributed by atoms with E-state index >= 15 is 0 Å². The van der Waals surface area contributed by atoms with Crippen LogP contribution in [0.15, 0.2) is 113 Å². The average molecular weight is 596 g/mol. The Morgan fingerprint density at radius 1 is 1.00 bits per heavy atom. The van der Waals surface area contributed by atoms with Gasteiger partial charge in [-0.15, -0.1) is 0 Å². The van der Waals surface area contributed by atoms with Crippen LogP contribution in [-0.2, 0) is 6.42 Å². The number of carbonyl (C=O) groups excluding carboxylic acids is 1. The van der Waals surface area contributed by atoms with Crippen molar-refractivity contribution in [2.24, 2.45) is 10.7 Å². The molecule has 7 rings (SSSR count). The minimum absolute atomic E-state index is 0.196. The molecule has 3 aromatic heterocycles. The van der Waals surface area contributed by atoms with Crippen molar-refractivity contribution in [3.63, 3.8) is 0 Å². The van der Waals surface area contributed by atoms with E-state index in [2.05, 4.69) is 31.6 Å². The predicted molar refractivity (Wildman–Crippen MR) is 176 cm³/mol. The number of rotatable bonds is 7. The molecular weight excluding hydrogens is 565 g/mol. The van der Waals surface area contributed by atoms with E-state index in [-0.39, 0.29) is 11.7 Å². The van der Waals surface area contributed by atoms with Crippen molar-refractivity contribution in [3.8, 4) is 11.4 Å². The molecule has 9 heteroatoms. The van der Waals surface area contributed by atoms with Gasteiger partial charge >= 0.3 is 0 Å². The Morgan fingerprint density at radius 3 is 2.60 bits per heavy atom. The van der Waals surface area contributed by atoms with Gasteiger partial charge in [-0.3, -0.25) is 14.9 Å². The first-order valence-electron chi connectivity index (χ1n) is 14.8. The van der Waals surface area contributed by atoms with E-state index in [1.54, 1.807) is 30.5 Å². The van der Waals surface area contributed by atoms with Crippen LogP contribution < -0.4 is 11.1 Å². The lowest BCUT2D eigenvalue weighted by atomic mass is 9.96. The molecule has 0 spiro atoms. The molecule has 1 fully saturated rings. The molecule has 1 saturated carbocycles. The summed E-state index contributed by atoms with van der Waals surface area (Å²) in [5.74, 6) is -0.479. The smallest absolute Gasteiger partial charge is 0.255 e. The summed E-state index contributed by atoms with van der Waals surface area (Å²) < 4.78 is 13.7. The SMILES string of the molecule is N/C=C(\C=C(/C=C1CC1)NC(=O)c1ccccc1)c1ccc2[nH]nc(-c3cc4c([nH]3)CCN=C/C=C\4c3ccc(F)cc3)c2n1. The van der Waals surface area contributed by atoms with Crippen LogP contribution in [0.5, 0.6) is 0 Å². The number of allylic oxidation sites excluding steroid dienone is 5. The minimum Gasteiger partial charge on any atom is -0.404 e. The maximum Gasteiger partial charge on any atom is 0.255 e. The summed E-state index contributed by atoms with van der Waals surface area (Å²) in [6.45, 7) is 0.639. The van der Waals surface area contributed by atoms with Crippen molar-refractivity contribution in [2.45, 2.75) is 19.3 Å². The van der Waals surface area contributed by atoms with E-state index < -0.39 is 0 Å². The van der Waals surface area contributed by atoms with Crippen LogP contribution in [0.25, 0.3) is 33.6 Å². The highest BCUT2D eigenvalue weighted by molar-refractivity contribution is 5.97. The number of aliphatic imine (C=N–C) groups is 1. The number of nitrogens with two attached hydrogens (primary N) is 1. The Labute approximate surface area is 259 Å². The zero-order chi connectivity index (χ0) is 30.8. The predicted octanol–water partition coefficient (Wildman–Crippen LogP) is 6.48. The van der Waals surface area contributed by atoms with Crippen LogP contribution in [0.2, 0.25) is 0 Å². The number of pyridine rings is 1. The maximum absolute atomic E-state index is 13.7. The molecule has 0 bridgehead atoms. The topological polar surface area (TPSA) is 125 Å². The zero-order valence-corrected chi connectivity index (χ0v) is 24.3. The number of nitrogens with one attached hydrogen (secondary N) is 3. The maximum atomic E-state index is 13.7. The van der Waals surface area contributed by atoms with Crippen molar-refractivity contribution >= 4 is 34.3 Å². The molecule has 5 aromatic rings. The van der Waals surface area contributed by atoms with Crippen LogP contribution in [-0.4, -0.2) is 38.8 Å². The lowest BCUT2D eigenvalue weighted by Gasteiger charge is -2.10. The first-order chi connectivity index (χ1) is 22.1. The molecule has 5 N–H and O–H groups in total. The van der Waals surface area contributed by atoms with Crippen LogP contribution in [0.3, 0.4) is 0 Å². The van der Waals surface area contributed by atoms with E-state index in [1.165, 1.54) is 23.9 Å². The molecule has 1 amide bonds. The third-order valence-corrected chi connectivity index (χ3v) is 7.82. The number of aromatic nitrogens is 4. The van der Waals surface area contributed by atoms with Gasteiger partial charge in [-0.1, -0.05) is 35.9 Å². The largest absolute Gasteiger partial charge is 0.404 e. The zero-order valence-electron chi connectivity index (χ0n) is 24.3. The lowest BCUT2D eigenvalue weighted by Crippen LogP contribution is -2.22. The van der Waals surface area contributed by atoms with Gasteiger partial charge in [0.15, 0.2) is 0 Å². The number of nitrogens with zero attached hydrogens (tertiary/aromatic N) is 3. The monoisotopic (exact) mass is 595 g/mol. The van der Waals surface area contributed by atoms with Gasteiger partial charge in [-0.05, 0) is 84.7 Å². The van der Waals surface area contributed by atoms with Gasteiger partial charge < -0.3 is 16.0 Å². The molecule has 45 heavy (non-hydrogen) atoms. The quantitative estimate of drug-likeness (QED) is 0.161. The van der Waals surface area contributed by atoms with Gasteiger partial charge in [0.25, 0.3) is 5.91 Å². The van der Waals surface area contributed by atoms with Gasteiger partial charge in [-0.25, -0.2) is 9.37 Å². The van der Waals surface area contributed by atoms with Crippen LogP contribution in [0.1, 0.15) is 45.7 Å². The van der Waals surface area contributed by atoms with Crippen molar-refractivity contribution in [2.75, 3.05) is 6.54 Å². The van der Waals surface area contributed by atoms with Crippen molar-refractivity contribution in [1.82, 2.24) is 25.5 Å². The summed E-state index contributed by atoms with van der Waals surface area (Å²) in [7, 11) is 0. The van der Waals surface area contributed by atoms with Crippen molar-refractivity contribution < 1.29 is 9.18 Å². The van der Waals surface area contributed by atoms with Crippen molar-refractivity contribution in [1.29, 1.82) is 0 Å². The highest BCUT2D eigenvalue weighted by atomic mass is 19.1. The Kier molecular flexibility index (Phi) is 7.49.